The monoisotopic (exact) mass is 454 g/mol. The molecule has 2 heterocycles. The van der Waals surface area contributed by atoms with Crippen molar-refractivity contribution in [2.24, 2.45) is 0 Å². The van der Waals surface area contributed by atoms with Gasteiger partial charge in [0.1, 0.15) is 0 Å². The van der Waals surface area contributed by atoms with E-state index in [0.717, 1.165) is 41.3 Å². The highest BCUT2D eigenvalue weighted by Gasteiger charge is 2.19. The second-order valence-electron chi connectivity index (χ2n) is 9.56. The van der Waals surface area contributed by atoms with Crippen LogP contribution in [0.15, 0.2) is 97.1 Å². The summed E-state index contributed by atoms with van der Waals surface area (Å²) in [6.45, 7) is 2.31. The van der Waals surface area contributed by atoms with Crippen molar-refractivity contribution in [3.05, 3.63) is 108 Å². The molecule has 0 amide bonds. The molecule has 0 bridgehead atoms. The van der Waals surface area contributed by atoms with E-state index in [-0.39, 0.29) is 0 Å². The first-order valence-electron chi connectivity index (χ1n) is 12.9. The highest BCUT2D eigenvalue weighted by atomic mass is 14.7. The van der Waals surface area contributed by atoms with E-state index in [4.69, 9.17) is 9.97 Å². The van der Waals surface area contributed by atoms with Crippen molar-refractivity contribution in [3.63, 3.8) is 0 Å². The van der Waals surface area contributed by atoms with Crippen molar-refractivity contribution in [3.8, 4) is 0 Å². The van der Waals surface area contributed by atoms with E-state index in [1.54, 1.807) is 0 Å². The molecule has 2 nitrogen and oxygen atoms in total. The first-order valence-corrected chi connectivity index (χ1v) is 12.9. The van der Waals surface area contributed by atoms with Crippen molar-refractivity contribution < 1.29 is 0 Å². The Bertz CT molecular complexity index is 1540. The van der Waals surface area contributed by atoms with Crippen LogP contribution in [0.4, 0.5) is 0 Å². The maximum absolute atomic E-state index is 4.97. The lowest BCUT2D eigenvalue weighted by atomic mass is 9.84. The maximum atomic E-state index is 4.97. The lowest BCUT2D eigenvalue weighted by molar-refractivity contribution is 0.552. The standard InChI is InChI=1S/C33H30N2/c1-2-12-23(33-27-16-5-9-21-31(27)35-32-22-10-6-17-28(32)33)13-11-18-24-25-14-3-7-19-29(25)34-30-20-8-4-15-26(24)30/h3-10,14-17,19-23H,2,11-13,18H2,1H3. The maximum Gasteiger partial charge on any atom is 0.0712 e. The summed E-state index contributed by atoms with van der Waals surface area (Å²) in [4.78, 5) is 9.89. The van der Waals surface area contributed by atoms with Gasteiger partial charge in [-0.3, -0.25) is 0 Å². The number of aryl methyl sites for hydroxylation is 1. The van der Waals surface area contributed by atoms with Gasteiger partial charge in [-0.05, 0) is 67.0 Å². The van der Waals surface area contributed by atoms with Gasteiger partial charge in [0.15, 0.2) is 0 Å². The summed E-state index contributed by atoms with van der Waals surface area (Å²) < 4.78 is 0. The van der Waals surface area contributed by atoms with Gasteiger partial charge in [-0.25, -0.2) is 9.97 Å². The summed E-state index contributed by atoms with van der Waals surface area (Å²) in [6, 6.07) is 34.5. The molecule has 0 aliphatic carbocycles. The summed E-state index contributed by atoms with van der Waals surface area (Å²) in [6.07, 6.45) is 5.74. The SMILES string of the molecule is CCCC(CCCc1c2ccccc2nc2ccccc12)c1c2ccccc2nc2ccccc12. The van der Waals surface area contributed by atoms with Gasteiger partial charge in [-0.2, -0.15) is 0 Å². The Morgan fingerprint density at radius 1 is 0.543 bits per heavy atom. The van der Waals surface area contributed by atoms with Crippen molar-refractivity contribution >= 4 is 43.6 Å². The number of rotatable bonds is 7. The van der Waals surface area contributed by atoms with Crippen LogP contribution in [-0.2, 0) is 6.42 Å². The van der Waals surface area contributed by atoms with Crippen molar-refractivity contribution in [2.45, 2.75) is 44.9 Å². The number of hydrogen-bond donors (Lipinski definition) is 0. The Balaban J connectivity index is 1.39. The molecule has 35 heavy (non-hydrogen) atoms. The van der Waals surface area contributed by atoms with Crippen LogP contribution in [0.2, 0.25) is 0 Å². The van der Waals surface area contributed by atoms with Crippen LogP contribution >= 0.6 is 0 Å². The number of benzene rings is 4. The zero-order chi connectivity index (χ0) is 23.6. The van der Waals surface area contributed by atoms with E-state index in [9.17, 15) is 0 Å². The minimum atomic E-state index is 0.511. The number of aromatic nitrogens is 2. The fraction of sp³-hybridized carbons (Fsp3) is 0.212. The predicted octanol–water partition coefficient (Wildman–Crippen LogP) is 9.00. The van der Waals surface area contributed by atoms with Crippen molar-refractivity contribution in [1.29, 1.82) is 0 Å². The van der Waals surface area contributed by atoms with Crippen molar-refractivity contribution in [2.75, 3.05) is 0 Å². The molecule has 0 aliphatic heterocycles. The molecule has 0 fully saturated rings. The summed E-state index contributed by atoms with van der Waals surface area (Å²) >= 11 is 0. The van der Waals surface area contributed by atoms with E-state index < -0.39 is 0 Å². The average molecular weight is 455 g/mol. The van der Waals surface area contributed by atoms with Gasteiger partial charge in [0.25, 0.3) is 0 Å². The molecule has 6 aromatic rings. The zero-order valence-corrected chi connectivity index (χ0v) is 20.2. The Labute approximate surface area is 206 Å². The summed E-state index contributed by atoms with van der Waals surface area (Å²) in [7, 11) is 0. The molecule has 0 radical (unpaired) electrons. The fourth-order valence-electron chi connectivity index (χ4n) is 5.82. The average Bonchev–Trinajstić information content (AvgIpc) is 2.91. The third kappa shape index (κ3) is 4.04. The number of nitrogens with zero attached hydrogens (tertiary/aromatic N) is 2. The molecule has 0 N–H and O–H groups in total. The van der Waals surface area contributed by atoms with E-state index in [2.05, 4.69) is 104 Å². The normalized spacial score (nSPS) is 12.6. The van der Waals surface area contributed by atoms with Crippen LogP contribution in [0.1, 0.15) is 49.7 Å². The third-order valence-electron chi connectivity index (χ3n) is 7.35. The van der Waals surface area contributed by atoms with Crippen molar-refractivity contribution in [1.82, 2.24) is 9.97 Å². The molecule has 6 rings (SSSR count). The lowest BCUT2D eigenvalue weighted by Crippen LogP contribution is -2.04. The molecule has 2 aromatic heterocycles. The quantitative estimate of drug-likeness (QED) is 0.225. The molecule has 0 spiro atoms. The minimum absolute atomic E-state index is 0.511. The molecule has 4 aromatic carbocycles. The molecular weight excluding hydrogens is 424 g/mol. The highest BCUT2D eigenvalue weighted by Crippen LogP contribution is 2.38. The van der Waals surface area contributed by atoms with Gasteiger partial charge in [0.05, 0.1) is 22.1 Å². The first-order chi connectivity index (χ1) is 17.3. The van der Waals surface area contributed by atoms with Gasteiger partial charge in [0.2, 0.25) is 0 Å². The minimum Gasteiger partial charge on any atom is -0.248 e. The Kier molecular flexibility index (Phi) is 5.88. The number of para-hydroxylation sites is 4. The van der Waals surface area contributed by atoms with E-state index in [1.165, 1.54) is 45.5 Å². The molecule has 0 saturated heterocycles. The first kappa shape index (κ1) is 21.7. The zero-order valence-electron chi connectivity index (χ0n) is 20.2. The predicted molar refractivity (Wildman–Crippen MR) is 149 cm³/mol. The van der Waals surface area contributed by atoms with Crippen LogP contribution in [0.5, 0.6) is 0 Å². The van der Waals surface area contributed by atoms with Gasteiger partial charge in [-0.1, -0.05) is 86.1 Å². The number of pyridine rings is 2. The van der Waals surface area contributed by atoms with Gasteiger partial charge < -0.3 is 0 Å². The molecule has 2 heteroatoms. The van der Waals surface area contributed by atoms with E-state index >= 15 is 0 Å². The summed E-state index contributed by atoms with van der Waals surface area (Å²) in [5, 5.41) is 5.20. The number of hydrogen-bond acceptors (Lipinski definition) is 2. The Morgan fingerprint density at radius 2 is 0.971 bits per heavy atom. The summed E-state index contributed by atoms with van der Waals surface area (Å²) in [5.74, 6) is 0.511. The molecular formula is C33H30N2. The van der Waals surface area contributed by atoms with Gasteiger partial charge in [-0.15, -0.1) is 0 Å². The second-order valence-corrected chi connectivity index (χ2v) is 9.56. The molecule has 0 aliphatic rings. The highest BCUT2D eigenvalue weighted by molar-refractivity contribution is 5.98. The molecule has 0 saturated carbocycles. The largest absolute Gasteiger partial charge is 0.248 e. The van der Waals surface area contributed by atoms with Crippen LogP contribution < -0.4 is 0 Å². The smallest absolute Gasteiger partial charge is 0.0712 e. The van der Waals surface area contributed by atoms with Gasteiger partial charge in [0, 0.05) is 21.5 Å². The molecule has 172 valence electrons. The topological polar surface area (TPSA) is 25.8 Å². The van der Waals surface area contributed by atoms with Crippen LogP contribution in [-0.4, -0.2) is 9.97 Å². The third-order valence-corrected chi connectivity index (χ3v) is 7.35. The van der Waals surface area contributed by atoms with Crippen LogP contribution in [0, 0.1) is 0 Å². The van der Waals surface area contributed by atoms with Gasteiger partial charge >= 0.3 is 0 Å². The van der Waals surface area contributed by atoms with E-state index in [1.807, 2.05) is 0 Å². The van der Waals surface area contributed by atoms with Crippen LogP contribution in [0.25, 0.3) is 43.6 Å². The van der Waals surface area contributed by atoms with E-state index in [0.29, 0.717) is 5.92 Å². The molecule has 1 atom stereocenters. The lowest BCUT2D eigenvalue weighted by Gasteiger charge is -2.21. The summed E-state index contributed by atoms with van der Waals surface area (Å²) in [5.41, 5.74) is 7.32. The number of fused-ring (bicyclic) bond motifs is 4. The Morgan fingerprint density at radius 3 is 1.46 bits per heavy atom. The fourth-order valence-corrected chi connectivity index (χ4v) is 5.82. The second kappa shape index (κ2) is 9.46. The Hall–Kier alpha value is -3.78. The van der Waals surface area contributed by atoms with Crippen LogP contribution in [0.3, 0.4) is 0 Å². The molecule has 1 unspecified atom stereocenters.